The summed E-state index contributed by atoms with van der Waals surface area (Å²) in [6.45, 7) is 1.90. The maximum atomic E-state index is 4.83. The summed E-state index contributed by atoms with van der Waals surface area (Å²) in [6.07, 6.45) is 3.43. The molecule has 0 aromatic heterocycles. The first kappa shape index (κ1) is 7.75. The van der Waals surface area contributed by atoms with Crippen molar-refractivity contribution < 1.29 is 4.74 Å². The highest BCUT2D eigenvalue weighted by Crippen LogP contribution is 2.19. The SMILES string of the molecule is CC=CO[C](Br)I. The van der Waals surface area contributed by atoms with Gasteiger partial charge in [-0.1, -0.05) is 6.08 Å². The van der Waals surface area contributed by atoms with Gasteiger partial charge in [-0.25, -0.2) is 0 Å². The number of hydrogen-bond donors (Lipinski definition) is 0. The van der Waals surface area contributed by atoms with Gasteiger partial charge in [-0.05, 0) is 45.4 Å². The first-order valence-electron chi connectivity index (χ1n) is 1.73. The van der Waals surface area contributed by atoms with Gasteiger partial charge in [0.1, 0.15) is 0 Å². The molecule has 0 fully saturated rings. The zero-order valence-electron chi connectivity index (χ0n) is 3.82. The zero-order chi connectivity index (χ0) is 5.70. The molecule has 3 heteroatoms. The van der Waals surface area contributed by atoms with Crippen LogP contribution in [0.25, 0.3) is 0 Å². The Morgan fingerprint density at radius 2 is 2.43 bits per heavy atom. The minimum Gasteiger partial charge on any atom is -0.469 e. The summed E-state index contributed by atoms with van der Waals surface area (Å²) in [6, 6.07) is 0. The molecule has 41 valence electrons. The molecule has 0 aliphatic heterocycles. The van der Waals surface area contributed by atoms with Crippen LogP contribution in [0.15, 0.2) is 12.3 Å². The second kappa shape index (κ2) is 4.90. The van der Waals surface area contributed by atoms with Crippen LogP contribution in [0.4, 0.5) is 0 Å². The largest absolute Gasteiger partial charge is 0.469 e. The van der Waals surface area contributed by atoms with Gasteiger partial charge in [-0.3, -0.25) is 0 Å². The van der Waals surface area contributed by atoms with E-state index in [4.69, 9.17) is 4.74 Å². The highest BCUT2D eigenvalue weighted by atomic mass is 127. The van der Waals surface area contributed by atoms with Crippen molar-refractivity contribution in [1.82, 2.24) is 0 Å². The summed E-state index contributed by atoms with van der Waals surface area (Å²) in [7, 11) is 0. The van der Waals surface area contributed by atoms with Crippen LogP contribution in [-0.2, 0) is 4.74 Å². The van der Waals surface area contributed by atoms with Crippen LogP contribution in [0.3, 0.4) is 0 Å². The Labute approximate surface area is 65.4 Å². The van der Waals surface area contributed by atoms with Crippen molar-refractivity contribution in [3.05, 3.63) is 15.4 Å². The molecule has 0 aromatic carbocycles. The molecule has 1 radical (unpaired) electrons. The molecule has 7 heavy (non-hydrogen) atoms. The van der Waals surface area contributed by atoms with Gasteiger partial charge < -0.3 is 4.74 Å². The van der Waals surface area contributed by atoms with Crippen LogP contribution in [-0.4, -0.2) is 0 Å². The molecule has 0 rings (SSSR count). The minimum absolute atomic E-state index is 0.753. The molecule has 0 heterocycles. The standard InChI is InChI=1S/C4H5BrIO/c1-2-3-7-4(5)6/h2-3H,1H3. The molecule has 1 nitrogen and oxygen atoms in total. The molecule has 0 unspecified atom stereocenters. The van der Waals surface area contributed by atoms with Crippen LogP contribution >= 0.6 is 38.5 Å². The fraction of sp³-hybridized carbons (Fsp3) is 0.250. The van der Waals surface area contributed by atoms with Gasteiger partial charge in [0, 0.05) is 0 Å². The van der Waals surface area contributed by atoms with Gasteiger partial charge >= 0.3 is 0 Å². The Morgan fingerprint density at radius 1 is 1.86 bits per heavy atom. The third-order valence-corrected chi connectivity index (χ3v) is 0.734. The van der Waals surface area contributed by atoms with Crippen molar-refractivity contribution >= 4 is 38.5 Å². The number of rotatable bonds is 2. The Bertz CT molecular complexity index is 62.7. The van der Waals surface area contributed by atoms with Crippen molar-refractivity contribution in [2.75, 3.05) is 0 Å². The Kier molecular flexibility index (Phi) is 5.42. The number of ether oxygens (including phenoxy) is 1. The average molecular weight is 276 g/mol. The summed E-state index contributed by atoms with van der Waals surface area (Å²) in [5.74, 6) is 0. The lowest BCUT2D eigenvalue weighted by Crippen LogP contribution is -1.71. The molecule has 0 atom stereocenters. The molecule has 0 spiro atoms. The summed E-state index contributed by atoms with van der Waals surface area (Å²) < 4.78 is 5.58. The fourth-order valence-corrected chi connectivity index (χ4v) is 0.374. The van der Waals surface area contributed by atoms with E-state index in [1.54, 1.807) is 6.26 Å². The molecular weight excluding hydrogens is 271 g/mol. The second-order valence-corrected chi connectivity index (χ2v) is 4.00. The first-order chi connectivity index (χ1) is 3.27. The predicted molar refractivity (Wildman–Crippen MR) is 42.1 cm³/mol. The lowest BCUT2D eigenvalue weighted by atomic mass is 10.7. The molecule has 0 aliphatic rings. The van der Waals surface area contributed by atoms with Gasteiger partial charge in [-0.2, -0.15) is 0 Å². The number of allylic oxidation sites excluding steroid dienone is 1. The van der Waals surface area contributed by atoms with E-state index in [9.17, 15) is 0 Å². The monoisotopic (exact) mass is 275 g/mol. The predicted octanol–water partition coefficient (Wildman–Crippen LogP) is 2.81. The zero-order valence-corrected chi connectivity index (χ0v) is 7.56. The molecule has 0 amide bonds. The quantitative estimate of drug-likeness (QED) is 0.556. The van der Waals surface area contributed by atoms with E-state index in [-0.39, 0.29) is 0 Å². The van der Waals surface area contributed by atoms with E-state index in [0.717, 1.165) is 3.02 Å². The van der Waals surface area contributed by atoms with E-state index in [0.29, 0.717) is 0 Å². The third kappa shape index (κ3) is 6.75. The van der Waals surface area contributed by atoms with Crippen molar-refractivity contribution in [1.29, 1.82) is 0 Å². The van der Waals surface area contributed by atoms with Crippen LogP contribution in [0.5, 0.6) is 0 Å². The van der Waals surface area contributed by atoms with Crippen LogP contribution in [0.1, 0.15) is 6.92 Å². The van der Waals surface area contributed by atoms with Gasteiger partial charge in [0.2, 0.25) is 0 Å². The smallest absolute Gasteiger partial charge is 0.270 e. The highest BCUT2D eigenvalue weighted by molar-refractivity contribution is 14.1. The minimum atomic E-state index is 0.753. The molecule has 0 bridgehead atoms. The summed E-state index contributed by atoms with van der Waals surface area (Å²) in [5, 5.41) is 0. The van der Waals surface area contributed by atoms with Crippen molar-refractivity contribution in [3.8, 4) is 0 Å². The second-order valence-electron chi connectivity index (χ2n) is 0.813. The Morgan fingerprint density at radius 3 is 2.57 bits per heavy atom. The Hall–Kier alpha value is 0.750. The summed E-state index contributed by atoms with van der Waals surface area (Å²) in [4.78, 5) is 0. The lowest BCUT2D eigenvalue weighted by molar-refractivity contribution is 0.373. The average Bonchev–Trinajstić information content (AvgIpc) is 1.61. The van der Waals surface area contributed by atoms with Crippen molar-refractivity contribution in [3.63, 3.8) is 0 Å². The molecule has 0 aromatic rings. The van der Waals surface area contributed by atoms with Gasteiger partial charge in [-0.15, -0.1) is 0 Å². The van der Waals surface area contributed by atoms with Crippen LogP contribution < -0.4 is 0 Å². The number of hydrogen-bond acceptors (Lipinski definition) is 1. The maximum Gasteiger partial charge on any atom is 0.270 e. The third-order valence-electron chi connectivity index (χ3n) is 0.293. The first-order valence-corrected chi connectivity index (χ1v) is 3.60. The topological polar surface area (TPSA) is 9.23 Å². The summed E-state index contributed by atoms with van der Waals surface area (Å²) >= 11 is 5.13. The molecule has 0 aliphatic carbocycles. The lowest BCUT2D eigenvalue weighted by Gasteiger charge is -1.93. The van der Waals surface area contributed by atoms with E-state index in [1.165, 1.54) is 0 Å². The number of halogens is 2. The van der Waals surface area contributed by atoms with Gasteiger partial charge in [0.15, 0.2) is 0 Å². The van der Waals surface area contributed by atoms with Crippen molar-refractivity contribution in [2.24, 2.45) is 0 Å². The van der Waals surface area contributed by atoms with E-state index in [1.807, 2.05) is 35.6 Å². The van der Waals surface area contributed by atoms with Gasteiger partial charge in [0.25, 0.3) is 3.02 Å². The molecule has 0 N–H and O–H groups in total. The van der Waals surface area contributed by atoms with E-state index in [2.05, 4.69) is 15.9 Å². The van der Waals surface area contributed by atoms with E-state index >= 15 is 0 Å². The highest BCUT2D eigenvalue weighted by Gasteiger charge is 1.91. The molecule has 0 saturated carbocycles. The fourth-order valence-electron chi connectivity index (χ4n) is 0.119. The van der Waals surface area contributed by atoms with Gasteiger partial charge in [0.05, 0.1) is 6.26 Å². The summed E-state index contributed by atoms with van der Waals surface area (Å²) in [5.41, 5.74) is 0. The molecular formula is C4H5BrIO. The molecule has 0 saturated heterocycles. The Balaban J connectivity index is 2.97. The van der Waals surface area contributed by atoms with Crippen LogP contribution in [0.2, 0.25) is 0 Å². The maximum absolute atomic E-state index is 4.83. The van der Waals surface area contributed by atoms with E-state index < -0.39 is 0 Å². The van der Waals surface area contributed by atoms with Crippen molar-refractivity contribution in [2.45, 2.75) is 6.92 Å². The van der Waals surface area contributed by atoms with Crippen LogP contribution in [0, 0.1) is 3.02 Å². The normalized spacial score (nSPS) is 10.9.